The van der Waals surface area contributed by atoms with Crippen LogP contribution in [0.1, 0.15) is 5.56 Å². The van der Waals surface area contributed by atoms with Gasteiger partial charge in [-0.2, -0.15) is 4.68 Å². The van der Waals surface area contributed by atoms with E-state index in [0.29, 0.717) is 10.6 Å². The summed E-state index contributed by atoms with van der Waals surface area (Å²) in [5, 5.41) is 14.8. The zero-order valence-corrected chi connectivity index (χ0v) is 11.2. The van der Waals surface area contributed by atoms with Gasteiger partial charge in [-0.1, -0.05) is 11.6 Å². The third kappa shape index (κ3) is 2.68. The highest BCUT2D eigenvalue weighted by Gasteiger charge is 2.19. The van der Waals surface area contributed by atoms with Crippen molar-refractivity contribution in [2.45, 2.75) is 6.54 Å². The van der Waals surface area contributed by atoms with Crippen LogP contribution in [0, 0.1) is 15.9 Å². The lowest BCUT2D eigenvalue weighted by Crippen LogP contribution is -2.02. The molecule has 0 aliphatic heterocycles. The molecule has 5 nitrogen and oxygen atoms in total. The van der Waals surface area contributed by atoms with E-state index in [2.05, 4.69) is 21.0 Å². The quantitative estimate of drug-likeness (QED) is 0.638. The van der Waals surface area contributed by atoms with E-state index in [-0.39, 0.29) is 16.8 Å². The summed E-state index contributed by atoms with van der Waals surface area (Å²) >= 11 is 8.93. The van der Waals surface area contributed by atoms with E-state index in [9.17, 15) is 14.5 Å². The first kappa shape index (κ1) is 13.0. The van der Waals surface area contributed by atoms with Gasteiger partial charge in [0, 0.05) is 5.02 Å². The molecule has 0 bridgehead atoms. The molecule has 1 aromatic heterocycles. The van der Waals surface area contributed by atoms with Gasteiger partial charge in [-0.25, -0.2) is 4.39 Å². The Morgan fingerprint density at radius 2 is 2.28 bits per heavy atom. The van der Waals surface area contributed by atoms with Crippen LogP contribution in [0.4, 0.5) is 10.2 Å². The first-order valence-electron chi connectivity index (χ1n) is 4.78. The second-order valence-electron chi connectivity index (χ2n) is 3.49. The molecule has 0 saturated carbocycles. The highest BCUT2D eigenvalue weighted by atomic mass is 79.9. The highest BCUT2D eigenvalue weighted by molar-refractivity contribution is 9.10. The minimum absolute atomic E-state index is 0.156. The number of nitro groups is 1. The van der Waals surface area contributed by atoms with Crippen molar-refractivity contribution in [3.63, 3.8) is 0 Å². The molecule has 0 spiro atoms. The van der Waals surface area contributed by atoms with E-state index in [1.54, 1.807) is 0 Å². The molecule has 0 amide bonds. The third-order valence-corrected chi connectivity index (χ3v) is 3.14. The van der Waals surface area contributed by atoms with E-state index in [4.69, 9.17) is 11.6 Å². The van der Waals surface area contributed by atoms with Gasteiger partial charge in [0.15, 0.2) is 0 Å². The summed E-state index contributed by atoms with van der Waals surface area (Å²) in [4.78, 5) is 10.0. The van der Waals surface area contributed by atoms with E-state index in [0.717, 1.165) is 0 Å². The van der Waals surface area contributed by atoms with Crippen molar-refractivity contribution in [3.05, 3.63) is 55.4 Å². The van der Waals surface area contributed by atoms with E-state index < -0.39 is 10.7 Å². The number of nitrogens with zero attached hydrogens (tertiary/aromatic N) is 3. The molecule has 0 aliphatic carbocycles. The van der Waals surface area contributed by atoms with E-state index in [1.807, 2.05) is 0 Å². The minimum atomic E-state index is -0.603. The van der Waals surface area contributed by atoms with Crippen molar-refractivity contribution in [2.24, 2.45) is 0 Å². The summed E-state index contributed by atoms with van der Waals surface area (Å²) in [6.45, 7) is 0.156. The van der Waals surface area contributed by atoms with Gasteiger partial charge in [-0.3, -0.25) is 0 Å². The average molecular weight is 335 g/mol. The Kier molecular flexibility index (Phi) is 3.63. The molecule has 94 valence electrons. The van der Waals surface area contributed by atoms with Crippen LogP contribution in [0.2, 0.25) is 5.02 Å². The van der Waals surface area contributed by atoms with E-state index in [1.165, 1.54) is 29.1 Å². The number of hydrogen-bond acceptors (Lipinski definition) is 3. The van der Waals surface area contributed by atoms with Gasteiger partial charge < -0.3 is 10.1 Å². The molecule has 0 atom stereocenters. The predicted octanol–water partition coefficient (Wildman–Crippen LogP) is 3.39. The molecular weight excluding hydrogens is 328 g/mol. The van der Waals surface area contributed by atoms with Crippen LogP contribution < -0.4 is 0 Å². The van der Waals surface area contributed by atoms with Crippen molar-refractivity contribution in [2.75, 3.05) is 0 Å². The largest absolute Gasteiger partial charge is 0.404 e. The fourth-order valence-electron chi connectivity index (χ4n) is 1.43. The lowest BCUT2D eigenvalue weighted by atomic mass is 10.2. The molecular formula is C10H6BrClFN3O2. The monoisotopic (exact) mass is 333 g/mol. The third-order valence-electron chi connectivity index (χ3n) is 2.21. The maximum atomic E-state index is 13.1. The molecule has 0 radical (unpaired) electrons. The molecule has 0 unspecified atom stereocenters. The fourth-order valence-corrected chi connectivity index (χ4v) is 2.07. The number of rotatable bonds is 3. The Labute approximate surface area is 114 Å². The maximum absolute atomic E-state index is 13.1. The Balaban J connectivity index is 2.31. The summed E-state index contributed by atoms with van der Waals surface area (Å²) in [5.74, 6) is -0.711. The number of halogens is 3. The molecule has 0 aliphatic rings. The standard InChI is InChI=1S/C10H6BrClFN3O2/c11-8-5-15(14-10(8)16(17)18)4-6-3-7(13)1-2-9(6)12/h1-3,5H,4H2. The smallest absolute Gasteiger partial charge is 0.358 e. The van der Waals surface area contributed by atoms with Gasteiger partial charge in [0.25, 0.3) is 0 Å². The SMILES string of the molecule is O=[N+]([O-])c1nn(Cc2cc(F)ccc2Cl)cc1Br. The molecule has 1 aromatic carbocycles. The summed E-state index contributed by atoms with van der Waals surface area (Å²) < 4.78 is 14.6. The second-order valence-corrected chi connectivity index (χ2v) is 4.75. The van der Waals surface area contributed by atoms with Crippen LogP contribution in [0.25, 0.3) is 0 Å². The lowest BCUT2D eigenvalue weighted by molar-refractivity contribution is -0.390. The number of benzene rings is 1. The normalized spacial score (nSPS) is 10.6. The molecule has 0 saturated heterocycles. The first-order valence-corrected chi connectivity index (χ1v) is 5.95. The zero-order chi connectivity index (χ0) is 13.3. The summed E-state index contributed by atoms with van der Waals surface area (Å²) in [5.41, 5.74) is 0.501. The first-order chi connectivity index (χ1) is 8.47. The number of hydrogen-bond donors (Lipinski definition) is 0. The summed E-state index contributed by atoms with van der Waals surface area (Å²) in [6, 6.07) is 3.94. The van der Waals surface area contributed by atoms with Crippen LogP contribution in [-0.4, -0.2) is 14.7 Å². The van der Waals surface area contributed by atoms with Crippen molar-refractivity contribution in [1.82, 2.24) is 9.78 Å². The van der Waals surface area contributed by atoms with Crippen molar-refractivity contribution in [1.29, 1.82) is 0 Å². The van der Waals surface area contributed by atoms with Gasteiger partial charge >= 0.3 is 5.82 Å². The van der Waals surface area contributed by atoms with Gasteiger partial charge in [0.1, 0.15) is 10.3 Å². The van der Waals surface area contributed by atoms with Crippen molar-refractivity contribution >= 4 is 33.3 Å². The van der Waals surface area contributed by atoms with Gasteiger partial charge in [-0.05, 0) is 44.6 Å². The van der Waals surface area contributed by atoms with Crippen molar-refractivity contribution in [3.8, 4) is 0 Å². The minimum Gasteiger partial charge on any atom is -0.358 e. The maximum Gasteiger partial charge on any atom is 0.404 e. The lowest BCUT2D eigenvalue weighted by Gasteiger charge is -2.01. The molecule has 2 rings (SSSR count). The Bertz CT molecular complexity index is 617. The number of aromatic nitrogens is 2. The predicted molar refractivity (Wildman–Crippen MR) is 67.1 cm³/mol. The fraction of sp³-hybridized carbons (Fsp3) is 0.100. The molecule has 1 heterocycles. The highest BCUT2D eigenvalue weighted by Crippen LogP contribution is 2.24. The van der Waals surface area contributed by atoms with Crippen LogP contribution >= 0.6 is 27.5 Å². The molecule has 2 aromatic rings. The summed E-state index contributed by atoms with van der Waals surface area (Å²) in [7, 11) is 0. The van der Waals surface area contributed by atoms with Gasteiger partial charge in [-0.15, -0.1) is 0 Å². The van der Waals surface area contributed by atoms with Gasteiger partial charge in [0.05, 0.1) is 17.8 Å². The average Bonchev–Trinajstić information content (AvgIpc) is 2.65. The Morgan fingerprint density at radius 1 is 1.56 bits per heavy atom. The van der Waals surface area contributed by atoms with E-state index >= 15 is 0 Å². The van der Waals surface area contributed by atoms with Crippen LogP contribution in [0.15, 0.2) is 28.9 Å². The van der Waals surface area contributed by atoms with Crippen molar-refractivity contribution < 1.29 is 9.31 Å². The topological polar surface area (TPSA) is 61.0 Å². The zero-order valence-electron chi connectivity index (χ0n) is 8.81. The van der Waals surface area contributed by atoms with Crippen LogP contribution in [0.3, 0.4) is 0 Å². The molecule has 0 fully saturated rings. The van der Waals surface area contributed by atoms with Crippen LogP contribution in [-0.2, 0) is 6.54 Å². The molecule has 8 heteroatoms. The Morgan fingerprint density at radius 3 is 2.89 bits per heavy atom. The molecule has 0 N–H and O–H groups in total. The van der Waals surface area contributed by atoms with Gasteiger partial charge in [0.2, 0.25) is 0 Å². The van der Waals surface area contributed by atoms with Crippen LogP contribution in [0.5, 0.6) is 0 Å². The second kappa shape index (κ2) is 5.03. The Hall–Kier alpha value is -1.47. The molecule has 18 heavy (non-hydrogen) atoms. The summed E-state index contributed by atoms with van der Waals surface area (Å²) in [6.07, 6.45) is 1.44.